The van der Waals surface area contributed by atoms with Crippen LogP contribution in [0.15, 0.2) is 53.4 Å². The molecule has 0 saturated heterocycles. The predicted octanol–water partition coefficient (Wildman–Crippen LogP) is 4.34. The lowest BCUT2D eigenvalue weighted by atomic mass is 10.2. The first-order chi connectivity index (χ1) is 10.2. The second kappa shape index (κ2) is 6.28. The van der Waals surface area contributed by atoms with E-state index in [0.29, 0.717) is 10.9 Å². The minimum atomic E-state index is -0.0273. The van der Waals surface area contributed by atoms with E-state index in [1.807, 2.05) is 55.5 Å². The van der Waals surface area contributed by atoms with Gasteiger partial charge in [-0.1, -0.05) is 41.7 Å². The minimum absolute atomic E-state index is 0.0273. The monoisotopic (exact) mass is 314 g/mol. The van der Waals surface area contributed by atoms with Gasteiger partial charge < -0.3 is 5.32 Å². The van der Waals surface area contributed by atoms with Crippen LogP contribution in [0.4, 0.5) is 5.13 Å². The van der Waals surface area contributed by atoms with Gasteiger partial charge in [0.2, 0.25) is 5.91 Å². The second-order valence-corrected chi connectivity index (χ2v) is 6.67. The molecular formula is C16H14N2OS2. The Morgan fingerprint density at radius 2 is 2.00 bits per heavy atom. The van der Waals surface area contributed by atoms with Gasteiger partial charge in [0.25, 0.3) is 0 Å². The number of thiazole rings is 1. The van der Waals surface area contributed by atoms with E-state index in [9.17, 15) is 4.79 Å². The van der Waals surface area contributed by atoms with Gasteiger partial charge in [0, 0.05) is 4.90 Å². The summed E-state index contributed by atoms with van der Waals surface area (Å²) in [6, 6.07) is 16.0. The highest BCUT2D eigenvalue weighted by molar-refractivity contribution is 8.00. The Bertz CT molecular complexity index is 768. The van der Waals surface area contributed by atoms with E-state index in [0.717, 1.165) is 20.7 Å². The number of amides is 1. The normalized spacial score (nSPS) is 10.7. The molecule has 3 aromatic rings. The van der Waals surface area contributed by atoms with Crippen LogP contribution in [-0.2, 0) is 4.79 Å². The van der Waals surface area contributed by atoms with Crippen molar-refractivity contribution in [3.8, 4) is 0 Å². The average molecular weight is 314 g/mol. The molecule has 0 aliphatic heterocycles. The summed E-state index contributed by atoms with van der Waals surface area (Å²) in [5.74, 6) is 0.361. The summed E-state index contributed by atoms with van der Waals surface area (Å²) in [5.41, 5.74) is 2.09. The van der Waals surface area contributed by atoms with Crippen LogP contribution in [0, 0.1) is 6.92 Å². The molecule has 1 amide bonds. The number of nitrogens with zero attached hydrogens (tertiary/aromatic N) is 1. The second-order valence-electron chi connectivity index (χ2n) is 4.59. The van der Waals surface area contributed by atoms with Crippen LogP contribution in [0.2, 0.25) is 0 Å². The van der Waals surface area contributed by atoms with Crippen LogP contribution in [-0.4, -0.2) is 16.6 Å². The standard InChI is InChI=1S/C16H14N2OS2/c1-11-6-5-9-13-15(11)18-16(21-13)17-14(19)10-20-12-7-3-2-4-8-12/h2-9H,10H2,1H3,(H,17,18,19). The third-order valence-corrected chi connectivity index (χ3v) is 4.93. The highest BCUT2D eigenvalue weighted by Crippen LogP contribution is 2.28. The zero-order valence-electron chi connectivity index (χ0n) is 11.5. The molecule has 106 valence electrons. The number of thioether (sulfide) groups is 1. The van der Waals surface area contributed by atoms with E-state index in [1.54, 1.807) is 0 Å². The Balaban J connectivity index is 1.65. The van der Waals surface area contributed by atoms with Crippen molar-refractivity contribution in [1.29, 1.82) is 0 Å². The van der Waals surface area contributed by atoms with Gasteiger partial charge in [0.05, 0.1) is 16.0 Å². The summed E-state index contributed by atoms with van der Waals surface area (Å²) in [4.78, 5) is 17.6. The van der Waals surface area contributed by atoms with Crippen molar-refractivity contribution in [2.75, 3.05) is 11.1 Å². The number of anilines is 1. The lowest BCUT2D eigenvalue weighted by molar-refractivity contribution is -0.113. The largest absolute Gasteiger partial charge is 0.301 e. The number of benzene rings is 2. The zero-order chi connectivity index (χ0) is 14.7. The van der Waals surface area contributed by atoms with Crippen molar-refractivity contribution in [3.63, 3.8) is 0 Å². The molecule has 1 N–H and O–H groups in total. The number of fused-ring (bicyclic) bond motifs is 1. The first-order valence-electron chi connectivity index (χ1n) is 6.56. The average Bonchev–Trinajstić information content (AvgIpc) is 2.90. The lowest BCUT2D eigenvalue weighted by Crippen LogP contribution is -2.13. The highest BCUT2D eigenvalue weighted by Gasteiger charge is 2.09. The van der Waals surface area contributed by atoms with Gasteiger partial charge in [-0.05, 0) is 30.7 Å². The summed E-state index contributed by atoms with van der Waals surface area (Å²) in [6.45, 7) is 2.03. The molecule has 1 heterocycles. The van der Waals surface area contributed by atoms with Gasteiger partial charge in [0.1, 0.15) is 0 Å². The quantitative estimate of drug-likeness (QED) is 0.729. The van der Waals surface area contributed by atoms with Gasteiger partial charge in [-0.3, -0.25) is 4.79 Å². The van der Waals surface area contributed by atoms with Crippen LogP contribution in [0.3, 0.4) is 0 Å². The Labute approximate surface area is 131 Å². The molecule has 0 atom stereocenters. The minimum Gasteiger partial charge on any atom is -0.301 e. The molecule has 0 fully saturated rings. The van der Waals surface area contributed by atoms with E-state index in [1.165, 1.54) is 23.1 Å². The van der Waals surface area contributed by atoms with Crippen LogP contribution in [0.25, 0.3) is 10.2 Å². The van der Waals surface area contributed by atoms with Gasteiger partial charge in [-0.25, -0.2) is 4.98 Å². The molecule has 5 heteroatoms. The van der Waals surface area contributed by atoms with Gasteiger partial charge >= 0.3 is 0 Å². The van der Waals surface area contributed by atoms with E-state index >= 15 is 0 Å². The molecule has 0 radical (unpaired) electrons. The summed E-state index contributed by atoms with van der Waals surface area (Å²) in [5, 5.41) is 3.54. The smallest absolute Gasteiger partial charge is 0.236 e. The number of carbonyl (C=O) groups is 1. The highest BCUT2D eigenvalue weighted by atomic mass is 32.2. The third kappa shape index (κ3) is 3.43. The first-order valence-corrected chi connectivity index (χ1v) is 8.36. The van der Waals surface area contributed by atoms with Gasteiger partial charge in [-0.2, -0.15) is 0 Å². The number of nitrogens with one attached hydrogen (secondary N) is 1. The molecular weight excluding hydrogens is 300 g/mol. The van der Waals surface area contributed by atoms with E-state index in [-0.39, 0.29) is 5.91 Å². The van der Waals surface area contributed by atoms with E-state index in [2.05, 4.69) is 10.3 Å². The fourth-order valence-corrected chi connectivity index (χ4v) is 3.64. The molecule has 0 saturated carbocycles. The number of hydrogen-bond donors (Lipinski definition) is 1. The van der Waals surface area contributed by atoms with Crippen molar-refractivity contribution >= 4 is 44.4 Å². The lowest BCUT2D eigenvalue weighted by Gasteiger charge is -2.01. The third-order valence-electron chi connectivity index (χ3n) is 2.98. The molecule has 3 nitrogen and oxygen atoms in total. The zero-order valence-corrected chi connectivity index (χ0v) is 13.1. The van der Waals surface area contributed by atoms with E-state index < -0.39 is 0 Å². The van der Waals surface area contributed by atoms with Gasteiger partial charge in [-0.15, -0.1) is 11.8 Å². The van der Waals surface area contributed by atoms with Crippen LogP contribution in [0.1, 0.15) is 5.56 Å². The number of para-hydroxylation sites is 1. The summed E-state index contributed by atoms with van der Waals surface area (Å²) in [6.07, 6.45) is 0. The Hall–Kier alpha value is -1.85. The molecule has 21 heavy (non-hydrogen) atoms. The number of carbonyl (C=O) groups excluding carboxylic acids is 1. The van der Waals surface area contributed by atoms with Crippen molar-refractivity contribution < 1.29 is 4.79 Å². The van der Waals surface area contributed by atoms with E-state index in [4.69, 9.17) is 0 Å². The molecule has 2 aromatic carbocycles. The molecule has 0 unspecified atom stereocenters. The molecule has 0 bridgehead atoms. The summed E-state index contributed by atoms with van der Waals surface area (Å²) in [7, 11) is 0. The maximum atomic E-state index is 12.0. The van der Waals surface area contributed by atoms with Crippen molar-refractivity contribution in [3.05, 3.63) is 54.1 Å². The number of aryl methyl sites for hydroxylation is 1. The molecule has 0 aliphatic carbocycles. The summed E-state index contributed by atoms with van der Waals surface area (Å²) >= 11 is 3.03. The van der Waals surface area contributed by atoms with Crippen LogP contribution >= 0.6 is 23.1 Å². The van der Waals surface area contributed by atoms with Crippen molar-refractivity contribution in [2.45, 2.75) is 11.8 Å². The molecule has 3 rings (SSSR count). The Morgan fingerprint density at radius 3 is 2.76 bits per heavy atom. The number of hydrogen-bond acceptors (Lipinski definition) is 4. The molecule has 1 aromatic heterocycles. The maximum absolute atomic E-state index is 12.0. The molecule has 0 spiro atoms. The fraction of sp³-hybridized carbons (Fsp3) is 0.125. The van der Waals surface area contributed by atoms with Crippen molar-refractivity contribution in [1.82, 2.24) is 4.98 Å². The maximum Gasteiger partial charge on any atom is 0.236 e. The van der Waals surface area contributed by atoms with Crippen LogP contribution < -0.4 is 5.32 Å². The topological polar surface area (TPSA) is 42.0 Å². The Kier molecular flexibility index (Phi) is 4.22. The number of aromatic nitrogens is 1. The van der Waals surface area contributed by atoms with Crippen LogP contribution in [0.5, 0.6) is 0 Å². The van der Waals surface area contributed by atoms with Crippen molar-refractivity contribution in [2.24, 2.45) is 0 Å². The SMILES string of the molecule is Cc1cccc2sc(NC(=O)CSc3ccccc3)nc12. The Morgan fingerprint density at radius 1 is 1.19 bits per heavy atom. The summed E-state index contributed by atoms with van der Waals surface area (Å²) < 4.78 is 1.10. The van der Waals surface area contributed by atoms with Gasteiger partial charge in [0.15, 0.2) is 5.13 Å². The fourth-order valence-electron chi connectivity index (χ4n) is 1.96. The first kappa shape index (κ1) is 14.1. The molecule has 0 aliphatic rings. The predicted molar refractivity (Wildman–Crippen MR) is 90.2 cm³/mol. The number of rotatable bonds is 4.